The lowest BCUT2D eigenvalue weighted by molar-refractivity contribution is 0.122. The van der Waals surface area contributed by atoms with Crippen LogP contribution in [-0.2, 0) is 11.2 Å². The maximum Gasteiger partial charge on any atom is 0.149 e. The number of hydrogen-bond donors (Lipinski definition) is 0. The van der Waals surface area contributed by atoms with Crippen LogP contribution in [0.3, 0.4) is 0 Å². The van der Waals surface area contributed by atoms with E-state index in [1.807, 2.05) is 0 Å². The van der Waals surface area contributed by atoms with Gasteiger partial charge >= 0.3 is 0 Å². The summed E-state index contributed by atoms with van der Waals surface area (Å²) < 4.78 is 12.0. The number of nitrogens with zero attached hydrogens (tertiary/aromatic N) is 5. The summed E-state index contributed by atoms with van der Waals surface area (Å²) in [5.41, 5.74) is 2.82. The number of rotatable bonds is 5. The fourth-order valence-corrected chi connectivity index (χ4v) is 4.64. The van der Waals surface area contributed by atoms with E-state index in [2.05, 4.69) is 37.0 Å². The fourth-order valence-electron chi connectivity index (χ4n) is 4.49. The second kappa shape index (κ2) is 9.32. The van der Waals surface area contributed by atoms with Gasteiger partial charge in [-0.25, -0.2) is 15.0 Å². The second-order valence-electron chi connectivity index (χ2n) is 8.23. The zero-order valence-corrected chi connectivity index (χ0v) is 18.2. The van der Waals surface area contributed by atoms with Gasteiger partial charge in [0.15, 0.2) is 0 Å². The van der Waals surface area contributed by atoms with E-state index in [9.17, 15) is 0 Å². The molecule has 162 valence electrons. The zero-order chi connectivity index (χ0) is 21.0. The molecule has 0 N–H and O–H groups in total. The van der Waals surface area contributed by atoms with E-state index in [-0.39, 0.29) is 6.10 Å². The average Bonchev–Trinajstić information content (AvgIpc) is 2.81. The van der Waals surface area contributed by atoms with Gasteiger partial charge in [0, 0.05) is 49.9 Å². The molecular weight excluding hydrogens is 414 g/mol. The molecule has 1 aromatic carbocycles. The topological polar surface area (TPSA) is 73.3 Å². The van der Waals surface area contributed by atoms with Gasteiger partial charge in [-0.3, -0.25) is 4.98 Å². The minimum Gasteiger partial charge on any atom is -0.488 e. The number of hydrogen-bond acceptors (Lipinski definition) is 7. The molecule has 1 aliphatic heterocycles. The molecule has 31 heavy (non-hydrogen) atoms. The van der Waals surface area contributed by atoms with Crippen molar-refractivity contribution in [1.29, 1.82) is 0 Å². The standard InChI is InChI=1S/C23H26ClN5O2/c24-21-5-6-26-22(28-21)13-16-1-3-18(4-2-16)31-20-15-17(29-9-11-30-12-10-29)14-19-23(20)27-8-7-25-19/h5-8,14-16,18H,1-4,9-13H2. The van der Waals surface area contributed by atoms with E-state index in [1.54, 1.807) is 24.7 Å². The van der Waals surface area contributed by atoms with Gasteiger partial charge in [-0.1, -0.05) is 11.6 Å². The molecule has 2 aromatic heterocycles. The summed E-state index contributed by atoms with van der Waals surface area (Å²) in [7, 11) is 0. The monoisotopic (exact) mass is 439 g/mol. The van der Waals surface area contributed by atoms with Gasteiger partial charge in [-0.15, -0.1) is 0 Å². The Bertz CT molecular complexity index is 1040. The quantitative estimate of drug-likeness (QED) is 0.554. The van der Waals surface area contributed by atoms with Crippen LogP contribution in [0.2, 0.25) is 5.15 Å². The molecule has 0 radical (unpaired) electrons. The molecule has 8 heteroatoms. The summed E-state index contributed by atoms with van der Waals surface area (Å²) in [5, 5.41) is 0.509. The van der Waals surface area contributed by atoms with E-state index < -0.39 is 0 Å². The van der Waals surface area contributed by atoms with Gasteiger partial charge in [0.2, 0.25) is 0 Å². The van der Waals surface area contributed by atoms with Crippen LogP contribution in [0.5, 0.6) is 5.75 Å². The number of fused-ring (bicyclic) bond motifs is 1. The lowest BCUT2D eigenvalue weighted by Crippen LogP contribution is -2.36. The van der Waals surface area contributed by atoms with Crippen LogP contribution in [0.1, 0.15) is 31.5 Å². The SMILES string of the molecule is Clc1ccnc(CC2CCC(Oc3cc(N4CCOCC4)cc4nccnc34)CC2)n1. The highest BCUT2D eigenvalue weighted by atomic mass is 35.5. The largest absolute Gasteiger partial charge is 0.488 e. The molecule has 7 nitrogen and oxygen atoms in total. The lowest BCUT2D eigenvalue weighted by atomic mass is 9.85. The van der Waals surface area contributed by atoms with Crippen molar-refractivity contribution in [2.24, 2.45) is 5.92 Å². The Labute approximate surface area is 186 Å². The van der Waals surface area contributed by atoms with Crippen molar-refractivity contribution in [2.75, 3.05) is 31.2 Å². The molecule has 2 aliphatic rings. The Hall–Kier alpha value is -2.51. The van der Waals surface area contributed by atoms with Gasteiger partial charge in [-0.2, -0.15) is 0 Å². The number of benzene rings is 1. The Morgan fingerprint density at radius 2 is 1.81 bits per heavy atom. The lowest BCUT2D eigenvalue weighted by Gasteiger charge is -2.31. The molecule has 3 aromatic rings. The van der Waals surface area contributed by atoms with Crippen LogP contribution in [0, 0.1) is 5.92 Å². The summed E-state index contributed by atoms with van der Waals surface area (Å²) in [6, 6.07) is 5.94. The van der Waals surface area contributed by atoms with Crippen LogP contribution in [0.4, 0.5) is 5.69 Å². The van der Waals surface area contributed by atoms with Crippen LogP contribution in [0.25, 0.3) is 11.0 Å². The number of morpholine rings is 1. The number of halogens is 1. The summed E-state index contributed by atoms with van der Waals surface area (Å²) >= 11 is 6.00. The minimum absolute atomic E-state index is 0.182. The smallest absolute Gasteiger partial charge is 0.149 e. The molecule has 0 atom stereocenters. The number of ether oxygens (including phenoxy) is 2. The van der Waals surface area contributed by atoms with E-state index in [4.69, 9.17) is 21.1 Å². The second-order valence-corrected chi connectivity index (χ2v) is 8.61. The van der Waals surface area contributed by atoms with Crippen molar-refractivity contribution >= 4 is 28.3 Å². The van der Waals surface area contributed by atoms with Crippen LogP contribution in [-0.4, -0.2) is 52.3 Å². The predicted octanol–water partition coefficient (Wildman–Crippen LogP) is 4.09. The average molecular weight is 440 g/mol. The molecule has 0 bridgehead atoms. The predicted molar refractivity (Wildman–Crippen MR) is 120 cm³/mol. The first-order valence-electron chi connectivity index (χ1n) is 11.0. The third-order valence-corrected chi connectivity index (χ3v) is 6.34. The summed E-state index contributed by atoms with van der Waals surface area (Å²) in [6.07, 6.45) is 10.4. The Morgan fingerprint density at radius 1 is 1.00 bits per heavy atom. The molecule has 2 fully saturated rings. The fraction of sp³-hybridized carbons (Fsp3) is 0.478. The van der Waals surface area contributed by atoms with Crippen molar-refractivity contribution in [2.45, 2.75) is 38.2 Å². The molecule has 5 rings (SSSR count). The normalized spacial score (nSPS) is 21.9. The number of anilines is 1. The molecule has 1 aliphatic carbocycles. The first-order valence-corrected chi connectivity index (χ1v) is 11.3. The zero-order valence-electron chi connectivity index (χ0n) is 17.4. The molecule has 1 saturated carbocycles. The van der Waals surface area contributed by atoms with E-state index >= 15 is 0 Å². The molecular formula is C23H26ClN5O2. The summed E-state index contributed by atoms with van der Waals surface area (Å²) in [6.45, 7) is 3.24. The highest BCUT2D eigenvalue weighted by Crippen LogP contribution is 2.34. The van der Waals surface area contributed by atoms with Crippen molar-refractivity contribution in [3.8, 4) is 5.75 Å². The van der Waals surface area contributed by atoms with E-state index in [1.165, 1.54) is 0 Å². The maximum atomic E-state index is 6.50. The van der Waals surface area contributed by atoms with Crippen LogP contribution >= 0.6 is 11.6 Å². The van der Waals surface area contributed by atoms with Gasteiger partial charge < -0.3 is 14.4 Å². The van der Waals surface area contributed by atoms with Gasteiger partial charge in [0.05, 0.1) is 24.8 Å². The van der Waals surface area contributed by atoms with Crippen molar-refractivity contribution in [3.05, 3.63) is 47.8 Å². The van der Waals surface area contributed by atoms with E-state index in [0.717, 1.165) is 86.7 Å². The van der Waals surface area contributed by atoms with Crippen molar-refractivity contribution in [3.63, 3.8) is 0 Å². The minimum atomic E-state index is 0.182. The van der Waals surface area contributed by atoms with Crippen LogP contribution < -0.4 is 9.64 Å². The van der Waals surface area contributed by atoms with E-state index in [0.29, 0.717) is 11.1 Å². The van der Waals surface area contributed by atoms with Gasteiger partial charge in [-0.05, 0) is 43.7 Å². The first-order chi connectivity index (χ1) is 15.2. The highest BCUT2D eigenvalue weighted by Gasteiger charge is 2.25. The Morgan fingerprint density at radius 3 is 2.61 bits per heavy atom. The number of aromatic nitrogens is 4. The summed E-state index contributed by atoms with van der Waals surface area (Å²) in [4.78, 5) is 20.1. The Kier molecular flexibility index (Phi) is 6.13. The molecule has 0 unspecified atom stereocenters. The van der Waals surface area contributed by atoms with Crippen molar-refractivity contribution < 1.29 is 9.47 Å². The summed E-state index contributed by atoms with van der Waals surface area (Å²) in [5.74, 6) is 2.22. The van der Waals surface area contributed by atoms with Gasteiger partial charge in [0.1, 0.15) is 22.2 Å². The van der Waals surface area contributed by atoms with Crippen molar-refractivity contribution in [1.82, 2.24) is 19.9 Å². The third kappa shape index (κ3) is 4.88. The molecule has 1 saturated heterocycles. The molecule has 0 spiro atoms. The molecule has 0 amide bonds. The highest BCUT2D eigenvalue weighted by molar-refractivity contribution is 6.29. The third-order valence-electron chi connectivity index (χ3n) is 6.13. The van der Waals surface area contributed by atoms with Gasteiger partial charge in [0.25, 0.3) is 0 Å². The van der Waals surface area contributed by atoms with Crippen LogP contribution in [0.15, 0.2) is 36.8 Å². The Balaban J connectivity index is 1.28. The maximum absolute atomic E-state index is 6.50. The molecule has 3 heterocycles. The first kappa shape index (κ1) is 20.4.